The van der Waals surface area contributed by atoms with E-state index in [1.807, 2.05) is 25.1 Å². The van der Waals surface area contributed by atoms with Gasteiger partial charge in [-0.3, -0.25) is 4.79 Å². The Bertz CT molecular complexity index is 1220. The number of hydrogen-bond donors (Lipinski definition) is 1. The standard InChI is InChI=1S/C22H23ClN2O4S/c1-15-4-2-5-16-12-17(22(26)24-21(15)16)13-25(14-19-6-3-11-29-19)30(27,28)20-9-7-18(23)8-10-20/h2,4-5,7-10,12,19H,3,6,11,13-14H2,1H3,(H,24,26). The van der Waals surface area contributed by atoms with Gasteiger partial charge in [-0.15, -0.1) is 0 Å². The van der Waals surface area contributed by atoms with E-state index in [-0.39, 0.29) is 29.6 Å². The van der Waals surface area contributed by atoms with E-state index in [2.05, 4.69) is 4.98 Å². The van der Waals surface area contributed by atoms with Crippen LogP contribution in [0.25, 0.3) is 10.9 Å². The minimum Gasteiger partial charge on any atom is -0.377 e. The van der Waals surface area contributed by atoms with Crippen LogP contribution in [0.5, 0.6) is 0 Å². The molecule has 0 saturated carbocycles. The van der Waals surface area contributed by atoms with Gasteiger partial charge in [0.15, 0.2) is 0 Å². The number of aryl methyl sites for hydroxylation is 1. The summed E-state index contributed by atoms with van der Waals surface area (Å²) in [5.41, 5.74) is 1.82. The van der Waals surface area contributed by atoms with Crippen molar-refractivity contribution < 1.29 is 13.2 Å². The summed E-state index contributed by atoms with van der Waals surface area (Å²) in [6.45, 7) is 2.70. The Labute approximate surface area is 180 Å². The number of sulfonamides is 1. The fourth-order valence-corrected chi connectivity index (χ4v) is 5.33. The Balaban J connectivity index is 1.73. The van der Waals surface area contributed by atoms with Gasteiger partial charge >= 0.3 is 0 Å². The highest BCUT2D eigenvalue weighted by Gasteiger charge is 2.30. The average molecular weight is 447 g/mol. The second-order valence-electron chi connectivity index (χ2n) is 7.55. The van der Waals surface area contributed by atoms with Gasteiger partial charge in [-0.05, 0) is 61.0 Å². The highest BCUT2D eigenvalue weighted by atomic mass is 35.5. The molecule has 8 heteroatoms. The molecular weight excluding hydrogens is 424 g/mol. The largest absolute Gasteiger partial charge is 0.377 e. The molecule has 0 spiro atoms. The van der Waals surface area contributed by atoms with Gasteiger partial charge in [-0.2, -0.15) is 4.31 Å². The molecule has 158 valence electrons. The number of aromatic nitrogens is 1. The zero-order valence-corrected chi connectivity index (χ0v) is 18.2. The van der Waals surface area contributed by atoms with Crippen molar-refractivity contribution in [1.82, 2.24) is 9.29 Å². The summed E-state index contributed by atoms with van der Waals surface area (Å²) in [6.07, 6.45) is 1.50. The number of pyridine rings is 1. The predicted molar refractivity (Wildman–Crippen MR) is 117 cm³/mol. The van der Waals surface area contributed by atoms with Gasteiger partial charge in [0, 0.05) is 30.3 Å². The summed E-state index contributed by atoms with van der Waals surface area (Å²) in [5, 5.41) is 1.33. The van der Waals surface area contributed by atoms with E-state index in [0.717, 1.165) is 29.3 Å². The lowest BCUT2D eigenvalue weighted by Gasteiger charge is -2.25. The van der Waals surface area contributed by atoms with Crippen molar-refractivity contribution in [2.75, 3.05) is 13.2 Å². The molecule has 30 heavy (non-hydrogen) atoms. The first-order chi connectivity index (χ1) is 14.3. The zero-order valence-electron chi connectivity index (χ0n) is 16.6. The molecular formula is C22H23ClN2O4S. The highest BCUT2D eigenvalue weighted by molar-refractivity contribution is 7.89. The summed E-state index contributed by atoms with van der Waals surface area (Å²) in [4.78, 5) is 15.8. The lowest BCUT2D eigenvalue weighted by Crippen LogP contribution is -2.38. The van der Waals surface area contributed by atoms with Gasteiger partial charge in [0.2, 0.25) is 10.0 Å². The fraction of sp³-hybridized carbons (Fsp3) is 0.318. The third kappa shape index (κ3) is 4.30. The van der Waals surface area contributed by atoms with Gasteiger partial charge in [-0.25, -0.2) is 8.42 Å². The SMILES string of the molecule is Cc1cccc2cc(CN(CC3CCCO3)S(=O)(=O)c3ccc(Cl)cc3)c(=O)[nH]c12. The van der Waals surface area contributed by atoms with E-state index in [0.29, 0.717) is 17.2 Å². The van der Waals surface area contributed by atoms with E-state index in [9.17, 15) is 13.2 Å². The molecule has 2 aromatic carbocycles. The maximum absolute atomic E-state index is 13.4. The van der Waals surface area contributed by atoms with Crippen LogP contribution in [-0.2, 0) is 21.3 Å². The third-order valence-electron chi connectivity index (χ3n) is 5.39. The summed E-state index contributed by atoms with van der Waals surface area (Å²) in [6, 6.07) is 13.6. The van der Waals surface area contributed by atoms with Crippen LogP contribution < -0.4 is 5.56 Å². The van der Waals surface area contributed by atoms with E-state index < -0.39 is 10.0 Å². The molecule has 1 aromatic heterocycles. The zero-order chi connectivity index (χ0) is 21.3. The molecule has 0 amide bonds. The number of rotatable bonds is 6. The molecule has 6 nitrogen and oxygen atoms in total. The maximum Gasteiger partial charge on any atom is 0.252 e. The molecule has 4 rings (SSSR count). The Morgan fingerprint density at radius 3 is 2.67 bits per heavy atom. The minimum atomic E-state index is -3.84. The Morgan fingerprint density at radius 2 is 1.97 bits per heavy atom. The van der Waals surface area contributed by atoms with Gasteiger partial charge in [0.25, 0.3) is 5.56 Å². The number of nitrogens with one attached hydrogen (secondary N) is 1. The summed E-state index contributed by atoms with van der Waals surface area (Å²) in [7, 11) is -3.84. The number of halogens is 1. The smallest absolute Gasteiger partial charge is 0.252 e. The number of fused-ring (bicyclic) bond motifs is 1. The molecule has 2 heterocycles. The van der Waals surface area contributed by atoms with Crippen molar-refractivity contribution in [2.45, 2.75) is 37.3 Å². The van der Waals surface area contributed by atoms with Crippen molar-refractivity contribution in [1.29, 1.82) is 0 Å². The number of benzene rings is 2. The molecule has 1 aliphatic rings. The van der Waals surface area contributed by atoms with Crippen LogP contribution in [-0.4, -0.2) is 37.0 Å². The topological polar surface area (TPSA) is 79.5 Å². The van der Waals surface area contributed by atoms with E-state index in [1.165, 1.54) is 16.4 Å². The molecule has 0 bridgehead atoms. The van der Waals surface area contributed by atoms with Crippen molar-refractivity contribution in [3.8, 4) is 0 Å². The first-order valence-corrected chi connectivity index (χ1v) is 11.7. The molecule has 1 N–H and O–H groups in total. The number of aromatic amines is 1. The van der Waals surface area contributed by atoms with Crippen LogP contribution >= 0.6 is 11.6 Å². The van der Waals surface area contributed by atoms with Crippen LogP contribution in [0.3, 0.4) is 0 Å². The van der Waals surface area contributed by atoms with Crippen molar-refractivity contribution in [3.05, 3.63) is 75.0 Å². The van der Waals surface area contributed by atoms with Gasteiger partial charge < -0.3 is 9.72 Å². The van der Waals surface area contributed by atoms with Crippen molar-refractivity contribution in [2.24, 2.45) is 0 Å². The lowest BCUT2D eigenvalue weighted by molar-refractivity contribution is 0.0925. The number of hydrogen-bond acceptors (Lipinski definition) is 4. The van der Waals surface area contributed by atoms with Crippen molar-refractivity contribution in [3.63, 3.8) is 0 Å². The fourth-order valence-electron chi connectivity index (χ4n) is 3.75. The second-order valence-corrected chi connectivity index (χ2v) is 9.92. The third-order valence-corrected chi connectivity index (χ3v) is 7.47. The molecule has 1 unspecified atom stereocenters. The Kier molecular flexibility index (Phi) is 5.97. The molecule has 3 aromatic rings. The molecule has 0 radical (unpaired) electrons. The number of ether oxygens (including phenoxy) is 1. The molecule has 0 aliphatic carbocycles. The average Bonchev–Trinajstić information content (AvgIpc) is 3.22. The second kappa shape index (κ2) is 8.51. The maximum atomic E-state index is 13.4. The van der Waals surface area contributed by atoms with Crippen molar-refractivity contribution >= 4 is 32.5 Å². The first kappa shape index (κ1) is 21.1. The van der Waals surface area contributed by atoms with Gasteiger partial charge in [-0.1, -0.05) is 29.8 Å². The van der Waals surface area contributed by atoms with Crippen LogP contribution in [0, 0.1) is 6.92 Å². The Morgan fingerprint density at radius 1 is 1.20 bits per heavy atom. The highest BCUT2D eigenvalue weighted by Crippen LogP contribution is 2.24. The van der Waals surface area contributed by atoms with Crippen LogP contribution in [0.1, 0.15) is 24.0 Å². The summed E-state index contributed by atoms with van der Waals surface area (Å²) in [5.74, 6) is 0. The summed E-state index contributed by atoms with van der Waals surface area (Å²) < 4.78 is 33.8. The minimum absolute atomic E-state index is 0.0377. The Hall–Kier alpha value is -2.19. The van der Waals surface area contributed by atoms with E-state index in [1.54, 1.807) is 18.2 Å². The number of nitrogens with zero attached hydrogens (tertiary/aromatic N) is 1. The lowest BCUT2D eigenvalue weighted by atomic mass is 10.1. The van der Waals surface area contributed by atoms with Crippen LogP contribution in [0.15, 0.2) is 58.2 Å². The monoisotopic (exact) mass is 446 g/mol. The molecule has 1 atom stereocenters. The number of H-pyrrole nitrogens is 1. The summed E-state index contributed by atoms with van der Waals surface area (Å²) >= 11 is 5.92. The van der Waals surface area contributed by atoms with Gasteiger partial charge in [0.1, 0.15) is 0 Å². The first-order valence-electron chi connectivity index (χ1n) is 9.83. The van der Waals surface area contributed by atoms with E-state index in [4.69, 9.17) is 16.3 Å². The molecule has 1 fully saturated rings. The molecule has 1 aliphatic heterocycles. The van der Waals surface area contributed by atoms with Crippen LogP contribution in [0.4, 0.5) is 0 Å². The van der Waals surface area contributed by atoms with E-state index >= 15 is 0 Å². The van der Waals surface area contributed by atoms with Crippen LogP contribution in [0.2, 0.25) is 5.02 Å². The normalized spacial score (nSPS) is 17.1. The molecule has 1 saturated heterocycles. The quantitative estimate of drug-likeness (QED) is 0.623. The van der Waals surface area contributed by atoms with Gasteiger partial charge in [0.05, 0.1) is 16.5 Å². The number of para-hydroxylation sites is 1. The predicted octanol–water partition coefficient (Wildman–Crippen LogP) is 3.86.